The molecule has 3 aromatic heterocycles. The molecular formula is C28H37N9O. The second-order valence-electron chi connectivity index (χ2n) is 12.3. The molecule has 200 valence electrons. The van der Waals surface area contributed by atoms with Gasteiger partial charge in [-0.1, -0.05) is 47.6 Å². The third kappa shape index (κ3) is 4.80. The summed E-state index contributed by atoms with van der Waals surface area (Å²) in [6.45, 7) is 18.2. The first kappa shape index (κ1) is 26.0. The number of hydrogen-bond donors (Lipinski definition) is 2. The molecule has 0 amide bonds. The van der Waals surface area contributed by atoms with Crippen LogP contribution in [0.3, 0.4) is 0 Å². The Morgan fingerprint density at radius 2 is 1.63 bits per heavy atom. The van der Waals surface area contributed by atoms with Crippen molar-refractivity contribution in [3.8, 4) is 5.95 Å². The van der Waals surface area contributed by atoms with E-state index in [9.17, 15) is 4.79 Å². The maximum atomic E-state index is 13.5. The lowest BCUT2D eigenvalue weighted by Crippen LogP contribution is -2.29. The fourth-order valence-electron chi connectivity index (χ4n) is 4.53. The Hall–Kier alpha value is -3.66. The summed E-state index contributed by atoms with van der Waals surface area (Å²) in [5.41, 5.74) is 3.17. The monoisotopic (exact) mass is 515 g/mol. The first-order valence-corrected chi connectivity index (χ1v) is 13.2. The van der Waals surface area contributed by atoms with Crippen LogP contribution in [0.2, 0.25) is 0 Å². The molecule has 38 heavy (non-hydrogen) atoms. The van der Waals surface area contributed by atoms with Crippen LogP contribution in [0, 0.1) is 0 Å². The highest BCUT2D eigenvalue weighted by molar-refractivity contribution is 5.76. The molecule has 10 heteroatoms. The number of rotatable bonds is 4. The highest BCUT2D eigenvalue weighted by Gasteiger charge is 2.28. The zero-order chi connectivity index (χ0) is 27.4. The Morgan fingerprint density at radius 1 is 0.947 bits per heavy atom. The van der Waals surface area contributed by atoms with E-state index in [2.05, 4.69) is 69.3 Å². The lowest BCUT2D eigenvalue weighted by molar-refractivity contribution is 0.448. The Bertz CT molecular complexity index is 1540. The van der Waals surface area contributed by atoms with Gasteiger partial charge >= 0.3 is 0 Å². The molecule has 4 heterocycles. The largest absolute Gasteiger partial charge is 0.324 e. The maximum absolute atomic E-state index is 13.5. The summed E-state index contributed by atoms with van der Waals surface area (Å²) < 4.78 is 3.36. The molecule has 0 spiro atoms. The number of benzene rings is 1. The van der Waals surface area contributed by atoms with Crippen molar-refractivity contribution < 1.29 is 0 Å². The van der Waals surface area contributed by atoms with Crippen LogP contribution in [-0.4, -0.2) is 40.8 Å². The second kappa shape index (κ2) is 9.27. The lowest BCUT2D eigenvalue weighted by Gasteiger charge is -2.23. The van der Waals surface area contributed by atoms with Gasteiger partial charge in [-0.25, -0.2) is 14.6 Å². The molecule has 0 atom stereocenters. The predicted molar refractivity (Wildman–Crippen MR) is 149 cm³/mol. The molecule has 10 nitrogen and oxygen atoms in total. The van der Waals surface area contributed by atoms with Crippen LogP contribution in [-0.2, 0) is 23.8 Å². The van der Waals surface area contributed by atoms with Crippen molar-refractivity contribution in [3.05, 3.63) is 57.5 Å². The zero-order valence-corrected chi connectivity index (χ0v) is 23.5. The molecule has 0 saturated carbocycles. The molecule has 0 radical (unpaired) electrons. The van der Waals surface area contributed by atoms with Gasteiger partial charge in [0.05, 0.1) is 0 Å². The van der Waals surface area contributed by atoms with Gasteiger partial charge in [0.15, 0.2) is 5.65 Å². The first-order valence-electron chi connectivity index (χ1n) is 13.2. The average Bonchev–Trinajstić information content (AvgIpc) is 3.14. The summed E-state index contributed by atoms with van der Waals surface area (Å²) in [5, 5.41) is 7.15. The van der Waals surface area contributed by atoms with Crippen LogP contribution in [0.25, 0.3) is 17.0 Å². The van der Waals surface area contributed by atoms with Crippen LogP contribution >= 0.6 is 0 Å². The summed E-state index contributed by atoms with van der Waals surface area (Å²) in [4.78, 5) is 37.3. The van der Waals surface area contributed by atoms with Gasteiger partial charge in [0.25, 0.3) is 11.5 Å². The van der Waals surface area contributed by atoms with E-state index in [1.807, 2.05) is 19.9 Å². The zero-order valence-electron chi connectivity index (χ0n) is 23.5. The van der Waals surface area contributed by atoms with E-state index in [0.717, 1.165) is 25.2 Å². The maximum Gasteiger partial charge on any atom is 0.278 e. The van der Waals surface area contributed by atoms with Gasteiger partial charge < -0.3 is 10.6 Å². The molecule has 0 unspecified atom stereocenters. The standard InChI is InChI=1S/C28H37N9O/c1-16(2)36-22(38)20-15-30-25(31-19-10-9-18-14-29-12-11-17(18)13-19)32-21(20)37(36)26-34-23(27(3,4)5)33-24(35-26)28(6,7)8/h9-10,13,15-16,29H,11-12,14H2,1-8H3,(H,30,31,32). The van der Waals surface area contributed by atoms with E-state index < -0.39 is 0 Å². The van der Waals surface area contributed by atoms with Gasteiger partial charge in [-0.15, -0.1) is 0 Å². The SMILES string of the molecule is CC(C)n1c(=O)c2cnc(Nc3ccc4c(c3)CCNC4)nc2n1-c1nc(C(C)(C)C)nc(C(C)(C)C)n1. The van der Waals surface area contributed by atoms with Gasteiger partial charge in [0, 0.05) is 35.3 Å². The first-order chi connectivity index (χ1) is 17.8. The highest BCUT2D eigenvalue weighted by Crippen LogP contribution is 2.27. The van der Waals surface area contributed by atoms with Crippen molar-refractivity contribution in [2.45, 2.75) is 85.2 Å². The van der Waals surface area contributed by atoms with Gasteiger partial charge in [0.2, 0.25) is 5.95 Å². The summed E-state index contributed by atoms with van der Waals surface area (Å²) in [5.74, 6) is 2.10. The molecule has 5 rings (SSSR count). The molecule has 4 aromatic rings. The highest BCUT2D eigenvalue weighted by atomic mass is 16.1. The predicted octanol–water partition coefficient (Wildman–Crippen LogP) is 4.33. The normalized spacial score (nSPS) is 14.2. The number of fused-ring (bicyclic) bond motifs is 2. The van der Waals surface area contributed by atoms with Gasteiger partial charge in [0.1, 0.15) is 17.0 Å². The minimum Gasteiger partial charge on any atom is -0.324 e. The van der Waals surface area contributed by atoms with Crippen LogP contribution in [0.15, 0.2) is 29.2 Å². The lowest BCUT2D eigenvalue weighted by atomic mass is 9.93. The molecule has 0 bridgehead atoms. The van der Waals surface area contributed by atoms with E-state index in [4.69, 9.17) is 19.9 Å². The molecule has 0 saturated heterocycles. The van der Waals surface area contributed by atoms with Gasteiger partial charge in [-0.05, 0) is 50.1 Å². The third-order valence-electron chi connectivity index (χ3n) is 6.62. The van der Waals surface area contributed by atoms with Crippen molar-refractivity contribution in [2.75, 3.05) is 11.9 Å². The molecule has 2 N–H and O–H groups in total. The van der Waals surface area contributed by atoms with Crippen LogP contribution in [0.1, 0.15) is 84.2 Å². The van der Waals surface area contributed by atoms with E-state index in [0.29, 0.717) is 34.6 Å². The second-order valence-corrected chi connectivity index (χ2v) is 12.3. The number of hydrogen-bond acceptors (Lipinski definition) is 8. The Balaban J connectivity index is 1.69. The number of nitrogens with zero attached hydrogens (tertiary/aromatic N) is 7. The van der Waals surface area contributed by atoms with Crippen molar-refractivity contribution in [3.63, 3.8) is 0 Å². The van der Waals surface area contributed by atoms with Crippen molar-refractivity contribution in [1.82, 2.24) is 39.6 Å². The van der Waals surface area contributed by atoms with E-state index in [1.165, 1.54) is 11.1 Å². The average molecular weight is 516 g/mol. The van der Waals surface area contributed by atoms with E-state index in [-0.39, 0.29) is 22.4 Å². The smallest absolute Gasteiger partial charge is 0.278 e. The van der Waals surface area contributed by atoms with Crippen molar-refractivity contribution in [2.24, 2.45) is 0 Å². The van der Waals surface area contributed by atoms with Gasteiger partial charge in [-0.2, -0.15) is 19.6 Å². The molecule has 0 fully saturated rings. The fourth-order valence-corrected chi connectivity index (χ4v) is 4.53. The summed E-state index contributed by atoms with van der Waals surface area (Å²) in [6, 6.07) is 6.15. The van der Waals surface area contributed by atoms with E-state index in [1.54, 1.807) is 15.6 Å². The summed E-state index contributed by atoms with van der Waals surface area (Å²) in [6.07, 6.45) is 2.56. The van der Waals surface area contributed by atoms with E-state index >= 15 is 0 Å². The topological polar surface area (TPSA) is 115 Å². The number of aromatic nitrogens is 7. The van der Waals surface area contributed by atoms with Crippen molar-refractivity contribution >= 4 is 22.7 Å². The quantitative estimate of drug-likeness (QED) is 0.413. The van der Waals surface area contributed by atoms with Crippen molar-refractivity contribution in [1.29, 1.82) is 0 Å². The summed E-state index contributed by atoms with van der Waals surface area (Å²) >= 11 is 0. The minimum atomic E-state index is -0.312. The Morgan fingerprint density at radius 3 is 2.26 bits per heavy atom. The molecule has 1 aliphatic rings. The molecule has 1 aliphatic heterocycles. The Kier molecular flexibility index (Phi) is 6.33. The summed E-state index contributed by atoms with van der Waals surface area (Å²) in [7, 11) is 0. The Labute approximate surface area is 223 Å². The van der Waals surface area contributed by atoms with Crippen LogP contribution < -0.4 is 16.2 Å². The minimum absolute atomic E-state index is 0.157. The third-order valence-corrected chi connectivity index (χ3v) is 6.62. The van der Waals surface area contributed by atoms with Crippen LogP contribution in [0.5, 0.6) is 0 Å². The number of anilines is 2. The fraction of sp³-hybridized carbons (Fsp3) is 0.500. The number of nitrogens with one attached hydrogen (secondary N) is 2. The molecular weight excluding hydrogens is 478 g/mol. The molecule has 1 aromatic carbocycles. The molecule has 0 aliphatic carbocycles. The van der Waals surface area contributed by atoms with Gasteiger partial charge in [-0.3, -0.25) is 4.79 Å². The van der Waals surface area contributed by atoms with Crippen LogP contribution in [0.4, 0.5) is 11.6 Å².